The van der Waals surface area contributed by atoms with Crippen molar-refractivity contribution in [1.82, 2.24) is 15.0 Å². The second-order valence-corrected chi connectivity index (χ2v) is 7.72. The summed E-state index contributed by atoms with van der Waals surface area (Å²) in [5, 5.41) is 12.1. The molecular formula is C23H20N4S. The van der Waals surface area contributed by atoms with E-state index in [1.54, 1.807) is 11.3 Å². The third kappa shape index (κ3) is 4.19. The maximum Gasteiger partial charge on any atom is 0.106 e. The average Bonchev–Trinajstić information content (AvgIpc) is 3.37. The summed E-state index contributed by atoms with van der Waals surface area (Å²) in [6.07, 6.45) is 4.40. The van der Waals surface area contributed by atoms with Gasteiger partial charge in [0, 0.05) is 42.1 Å². The lowest BCUT2D eigenvalue weighted by Gasteiger charge is -2.01. The number of H-pyrrole nitrogens is 1. The number of thiazole rings is 1. The van der Waals surface area contributed by atoms with Crippen LogP contribution in [0, 0.1) is 18.3 Å². The van der Waals surface area contributed by atoms with Gasteiger partial charge in [-0.2, -0.15) is 5.26 Å². The van der Waals surface area contributed by atoms with Crippen molar-refractivity contribution in [2.24, 2.45) is 0 Å². The van der Waals surface area contributed by atoms with Gasteiger partial charge in [-0.05, 0) is 30.2 Å². The Kier molecular flexibility index (Phi) is 5.31. The Morgan fingerprint density at radius 2 is 1.89 bits per heavy atom. The van der Waals surface area contributed by atoms with E-state index in [0.717, 1.165) is 47.0 Å². The molecule has 0 saturated heterocycles. The average molecular weight is 385 g/mol. The second kappa shape index (κ2) is 8.20. The number of hydrogen-bond acceptors (Lipinski definition) is 4. The number of benzene rings is 2. The maximum atomic E-state index is 8.88. The molecule has 0 saturated carbocycles. The van der Waals surface area contributed by atoms with Crippen LogP contribution in [0.4, 0.5) is 0 Å². The van der Waals surface area contributed by atoms with Crippen molar-refractivity contribution >= 4 is 11.3 Å². The maximum absolute atomic E-state index is 8.88. The molecule has 4 nitrogen and oxygen atoms in total. The van der Waals surface area contributed by atoms with Crippen LogP contribution in [0.5, 0.6) is 0 Å². The summed E-state index contributed by atoms with van der Waals surface area (Å²) < 4.78 is 0. The molecule has 2 heterocycles. The number of nitriles is 1. The van der Waals surface area contributed by atoms with Gasteiger partial charge in [0.1, 0.15) is 5.82 Å². The fourth-order valence-electron chi connectivity index (χ4n) is 3.17. The van der Waals surface area contributed by atoms with Crippen LogP contribution in [0.15, 0.2) is 60.1 Å². The molecule has 0 radical (unpaired) electrons. The van der Waals surface area contributed by atoms with Crippen molar-refractivity contribution in [1.29, 1.82) is 5.26 Å². The lowest BCUT2D eigenvalue weighted by atomic mass is 10.1. The van der Waals surface area contributed by atoms with E-state index in [0.29, 0.717) is 5.56 Å². The van der Waals surface area contributed by atoms with Gasteiger partial charge in [-0.1, -0.05) is 36.4 Å². The molecule has 5 heteroatoms. The van der Waals surface area contributed by atoms with Crippen molar-refractivity contribution in [2.75, 3.05) is 0 Å². The van der Waals surface area contributed by atoms with Crippen LogP contribution in [0.3, 0.4) is 0 Å². The SMILES string of the molecule is Cc1ccccc1-c1csc(CCc2ncc(Cc3ccc(C#N)cc3)[nH]2)n1. The fourth-order valence-corrected chi connectivity index (χ4v) is 3.97. The van der Waals surface area contributed by atoms with Crippen molar-refractivity contribution in [2.45, 2.75) is 26.2 Å². The van der Waals surface area contributed by atoms with Crippen molar-refractivity contribution in [3.8, 4) is 17.3 Å². The molecule has 0 aliphatic rings. The number of aromatic nitrogens is 3. The summed E-state index contributed by atoms with van der Waals surface area (Å²) in [6.45, 7) is 2.12. The van der Waals surface area contributed by atoms with Gasteiger partial charge in [-0.25, -0.2) is 9.97 Å². The largest absolute Gasteiger partial charge is 0.346 e. The Balaban J connectivity index is 1.37. The van der Waals surface area contributed by atoms with Crippen LogP contribution in [0.2, 0.25) is 0 Å². The van der Waals surface area contributed by atoms with E-state index in [2.05, 4.69) is 52.6 Å². The molecule has 28 heavy (non-hydrogen) atoms. The van der Waals surface area contributed by atoms with Crippen LogP contribution >= 0.6 is 11.3 Å². The summed E-state index contributed by atoms with van der Waals surface area (Å²) >= 11 is 1.71. The summed E-state index contributed by atoms with van der Waals surface area (Å²) in [5.74, 6) is 0.983. The number of nitrogens with one attached hydrogen (secondary N) is 1. The monoisotopic (exact) mass is 384 g/mol. The molecule has 4 aromatic rings. The molecule has 0 fully saturated rings. The zero-order valence-electron chi connectivity index (χ0n) is 15.6. The van der Waals surface area contributed by atoms with Crippen LogP contribution in [0.1, 0.15) is 33.2 Å². The van der Waals surface area contributed by atoms with Crippen LogP contribution < -0.4 is 0 Å². The summed E-state index contributed by atoms with van der Waals surface area (Å²) in [6, 6.07) is 18.2. The van der Waals surface area contributed by atoms with Gasteiger partial charge in [0.15, 0.2) is 0 Å². The van der Waals surface area contributed by atoms with E-state index in [1.807, 2.05) is 30.5 Å². The van der Waals surface area contributed by atoms with E-state index >= 15 is 0 Å². The van der Waals surface area contributed by atoms with Gasteiger partial charge in [0.05, 0.1) is 22.3 Å². The van der Waals surface area contributed by atoms with Crippen molar-refractivity contribution in [3.63, 3.8) is 0 Å². The van der Waals surface area contributed by atoms with Gasteiger partial charge >= 0.3 is 0 Å². The molecule has 138 valence electrons. The molecule has 0 amide bonds. The highest BCUT2D eigenvalue weighted by Gasteiger charge is 2.08. The standard InChI is InChI=1S/C23H20N4S/c1-16-4-2-3-5-20(16)21-15-28-23(27-21)11-10-22-25-14-19(26-22)12-17-6-8-18(13-24)9-7-17/h2-9,14-15H,10-12H2,1H3,(H,25,26). The molecule has 2 aromatic carbocycles. The first-order valence-electron chi connectivity index (χ1n) is 9.23. The Labute approximate surface area is 168 Å². The van der Waals surface area contributed by atoms with Gasteiger partial charge < -0.3 is 4.98 Å². The third-order valence-electron chi connectivity index (χ3n) is 4.71. The minimum atomic E-state index is 0.683. The number of aryl methyl sites for hydroxylation is 3. The van der Waals surface area contributed by atoms with Gasteiger partial charge in [0.2, 0.25) is 0 Å². The van der Waals surface area contributed by atoms with Crippen molar-refractivity contribution in [3.05, 3.63) is 93.3 Å². The Morgan fingerprint density at radius 3 is 2.68 bits per heavy atom. The number of rotatable bonds is 6. The fraction of sp³-hybridized carbons (Fsp3) is 0.174. The highest BCUT2D eigenvalue weighted by Crippen LogP contribution is 2.25. The molecule has 0 aliphatic heterocycles. The van der Waals surface area contributed by atoms with Crippen molar-refractivity contribution < 1.29 is 0 Å². The molecule has 0 bridgehead atoms. The normalized spacial score (nSPS) is 10.7. The quantitative estimate of drug-likeness (QED) is 0.503. The van der Waals surface area contributed by atoms with E-state index in [1.165, 1.54) is 11.1 Å². The molecule has 4 rings (SSSR count). The third-order valence-corrected chi connectivity index (χ3v) is 5.62. The first-order chi connectivity index (χ1) is 13.7. The molecule has 0 spiro atoms. The van der Waals surface area contributed by atoms with E-state index < -0.39 is 0 Å². The molecule has 0 unspecified atom stereocenters. The summed E-state index contributed by atoms with van der Waals surface area (Å²) in [4.78, 5) is 12.7. The molecule has 1 N–H and O–H groups in total. The van der Waals surface area contributed by atoms with Crippen LogP contribution in [-0.4, -0.2) is 15.0 Å². The summed E-state index contributed by atoms with van der Waals surface area (Å²) in [7, 11) is 0. The Bertz CT molecular complexity index is 1120. The van der Waals surface area contributed by atoms with E-state index in [9.17, 15) is 0 Å². The van der Waals surface area contributed by atoms with Crippen LogP contribution in [0.25, 0.3) is 11.3 Å². The molecule has 0 aliphatic carbocycles. The lowest BCUT2D eigenvalue weighted by Crippen LogP contribution is -1.94. The predicted octanol–water partition coefficient (Wildman–Crippen LogP) is 5.09. The van der Waals surface area contributed by atoms with Gasteiger partial charge in [-0.3, -0.25) is 0 Å². The Hall–Kier alpha value is -3.23. The zero-order valence-corrected chi connectivity index (χ0v) is 16.5. The highest BCUT2D eigenvalue weighted by molar-refractivity contribution is 7.09. The highest BCUT2D eigenvalue weighted by atomic mass is 32.1. The predicted molar refractivity (Wildman–Crippen MR) is 112 cm³/mol. The van der Waals surface area contributed by atoms with Gasteiger partial charge in [0.25, 0.3) is 0 Å². The zero-order chi connectivity index (χ0) is 19.3. The van der Waals surface area contributed by atoms with E-state index in [4.69, 9.17) is 10.2 Å². The number of hydrogen-bond donors (Lipinski definition) is 1. The lowest BCUT2D eigenvalue weighted by molar-refractivity contribution is 0.870. The molecule has 0 atom stereocenters. The first kappa shape index (κ1) is 18.1. The second-order valence-electron chi connectivity index (χ2n) is 6.78. The van der Waals surface area contributed by atoms with Gasteiger partial charge in [-0.15, -0.1) is 11.3 Å². The number of imidazole rings is 1. The summed E-state index contributed by atoms with van der Waals surface area (Å²) in [5.41, 5.74) is 6.43. The number of aromatic amines is 1. The minimum absolute atomic E-state index is 0.683. The Morgan fingerprint density at radius 1 is 1.07 bits per heavy atom. The van der Waals surface area contributed by atoms with Crippen LogP contribution in [-0.2, 0) is 19.3 Å². The molecule has 2 aromatic heterocycles. The number of nitrogens with zero attached hydrogens (tertiary/aromatic N) is 3. The minimum Gasteiger partial charge on any atom is -0.346 e. The topological polar surface area (TPSA) is 65.4 Å². The smallest absolute Gasteiger partial charge is 0.106 e. The first-order valence-corrected chi connectivity index (χ1v) is 10.1. The van der Waals surface area contributed by atoms with E-state index in [-0.39, 0.29) is 0 Å². The molecular weight excluding hydrogens is 364 g/mol.